The molecule has 4 nitrogen and oxygen atoms in total. The second-order valence-corrected chi connectivity index (χ2v) is 6.88. The van der Waals surface area contributed by atoms with Gasteiger partial charge in [0.25, 0.3) is 0 Å². The average molecular weight is 368 g/mol. The van der Waals surface area contributed by atoms with Crippen LogP contribution in [0.3, 0.4) is 0 Å². The maximum Gasteiger partial charge on any atom is 0.237 e. The van der Waals surface area contributed by atoms with E-state index in [0.29, 0.717) is 0 Å². The number of amides is 1. The molecule has 1 amide bonds. The number of aryl methyl sites for hydroxylation is 1. The quantitative estimate of drug-likeness (QED) is 0.779. The number of carbonyl (C=O) groups is 1. The van der Waals surface area contributed by atoms with Crippen molar-refractivity contribution in [3.8, 4) is 0 Å². The summed E-state index contributed by atoms with van der Waals surface area (Å²) in [6.07, 6.45) is 4.77. The number of nitrogens with zero attached hydrogens (tertiary/aromatic N) is 2. The molecular weight excluding hydrogens is 350 g/mol. The molecule has 0 aliphatic heterocycles. The van der Waals surface area contributed by atoms with Crippen molar-refractivity contribution in [1.29, 1.82) is 0 Å². The number of hydrogen-bond donors (Lipinski definition) is 1. The Kier molecular flexibility index (Phi) is 5.87. The summed E-state index contributed by atoms with van der Waals surface area (Å²) in [6.45, 7) is 4.94. The highest BCUT2D eigenvalue weighted by Gasteiger charge is 2.17. The molecule has 2 aromatic rings. The molecule has 112 valence electrons. The van der Waals surface area contributed by atoms with E-state index in [1.165, 1.54) is 11.8 Å². The van der Waals surface area contributed by atoms with E-state index in [4.69, 9.17) is 0 Å². The fourth-order valence-electron chi connectivity index (χ4n) is 1.81. The molecule has 1 heterocycles. The highest BCUT2D eigenvalue weighted by molar-refractivity contribution is 9.10. The number of aromatic nitrogens is 2. The SMILES string of the molecule is CCCn1ccnc1SC(C)C(=O)Nc1ccc(Br)cc1. The van der Waals surface area contributed by atoms with Crippen LogP contribution in [-0.2, 0) is 11.3 Å². The molecule has 1 unspecified atom stereocenters. The zero-order chi connectivity index (χ0) is 15.2. The van der Waals surface area contributed by atoms with Gasteiger partial charge in [0.15, 0.2) is 5.16 Å². The van der Waals surface area contributed by atoms with Crippen LogP contribution in [0.2, 0.25) is 0 Å². The number of hydrogen-bond acceptors (Lipinski definition) is 3. The smallest absolute Gasteiger partial charge is 0.237 e. The topological polar surface area (TPSA) is 46.9 Å². The Balaban J connectivity index is 1.96. The second kappa shape index (κ2) is 7.66. The number of carbonyl (C=O) groups excluding carboxylic acids is 1. The van der Waals surface area contributed by atoms with Crippen molar-refractivity contribution in [1.82, 2.24) is 9.55 Å². The molecule has 0 radical (unpaired) electrons. The number of halogens is 1. The van der Waals surface area contributed by atoms with Crippen LogP contribution >= 0.6 is 27.7 Å². The summed E-state index contributed by atoms with van der Waals surface area (Å²) >= 11 is 4.85. The first-order valence-corrected chi connectivity index (χ1v) is 8.51. The highest BCUT2D eigenvalue weighted by Crippen LogP contribution is 2.23. The molecule has 6 heteroatoms. The molecule has 1 aromatic carbocycles. The molecule has 1 atom stereocenters. The minimum Gasteiger partial charge on any atom is -0.326 e. The zero-order valence-corrected chi connectivity index (χ0v) is 14.4. The third-order valence-corrected chi connectivity index (χ3v) is 4.55. The summed E-state index contributed by atoms with van der Waals surface area (Å²) in [6, 6.07) is 7.55. The normalized spacial score (nSPS) is 12.1. The first kappa shape index (κ1) is 16.1. The molecule has 0 spiro atoms. The van der Waals surface area contributed by atoms with Gasteiger partial charge >= 0.3 is 0 Å². The van der Waals surface area contributed by atoms with E-state index >= 15 is 0 Å². The van der Waals surface area contributed by atoms with Gasteiger partial charge in [-0.25, -0.2) is 4.98 Å². The minimum absolute atomic E-state index is 0.0200. The van der Waals surface area contributed by atoms with Crippen molar-refractivity contribution >= 4 is 39.3 Å². The predicted molar refractivity (Wildman–Crippen MR) is 90.6 cm³/mol. The molecule has 0 fully saturated rings. The maximum absolute atomic E-state index is 12.2. The van der Waals surface area contributed by atoms with Crippen molar-refractivity contribution in [3.63, 3.8) is 0 Å². The Morgan fingerprint density at radius 1 is 1.43 bits per heavy atom. The summed E-state index contributed by atoms with van der Waals surface area (Å²) in [5, 5.41) is 3.60. The molecule has 0 saturated carbocycles. The summed E-state index contributed by atoms with van der Waals surface area (Å²) in [4.78, 5) is 16.5. The number of imidazole rings is 1. The molecule has 1 aromatic heterocycles. The number of nitrogens with one attached hydrogen (secondary N) is 1. The third kappa shape index (κ3) is 4.61. The standard InChI is InChI=1S/C15H18BrN3OS/c1-3-9-19-10-8-17-15(19)21-11(2)14(20)18-13-6-4-12(16)5-7-13/h4-8,10-11H,3,9H2,1-2H3,(H,18,20). The summed E-state index contributed by atoms with van der Waals surface area (Å²) in [7, 11) is 0. The fourth-order valence-corrected chi connectivity index (χ4v) is 2.97. The lowest BCUT2D eigenvalue weighted by molar-refractivity contribution is -0.115. The second-order valence-electron chi connectivity index (χ2n) is 4.66. The summed E-state index contributed by atoms with van der Waals surface area (Å²) < 4.78 is 3.07. The van der Waals surface area contributed by atoms with Crippen LogP contribution in [-0.4, -0.2) is 20.7 Å². The highest BCUT2D eigenvalue weighted by atomic mass is 79.9. The van der Waals surface area contributed by atoms with Crippen molar-refractivity contribution in [3.05, 3.63) is 41.1 Å². The van der Waals surface area contributed by atoms with Crippen LogP contribution in [0, 0.1) is 0 Å². The van der Waals surface area contributed by atoms with Crippen LogP contribution < -0.4 is 5.32 Å². The van der Waals surface area contributed by atoms with Crippen LogP contribution in [0.4, 0.5) is 5.69 Å². The van der Waals surface area contributed by atoms with Gasteiger partial charge in [-0.05, 0) is 37.6 Å². The molecule has 1 N–H and O–H groups in total. The van der Waals surface area contributed by atoms with Crippen LogP contribution in [0.25, 0.3) is 0 Å². The Labute approximate surface area is 137 Å². The lowest BCUT2D eigenvalue weighted by Crippen LogP contribution is -2.22. The van der Waals surface area contributed by atoms with Gasteiger partial charge in [-0.1, -0.05) is 34.6 Å². The first-order chi connectivity index (χ1) is 10.1. The van der Waals surface area contributed by atoms with Gasteiger partial charge in [-0.3, -0.25) is 4.79 Å². The van der Waals surface area contributed by atoms with Crippen molar-refractivity contribution in [2.75, 3.05) is 5.32 Å². The molecular formula is C15H18BrN3OS. The van der Waals surface area contributed by atoms with E-state index in [9.17, 15) is 4.79 Å². The van der Waals surface area contributed by atoms with E-state index in [0.717, 1.165) is 28.3 Å². The Bertz CT molecular complexity index is 597. The number of anilines is 1. The van der Waals surface area contributed by atoms with Crippen molar-refractivity contribution < 1.29 is 4.79 Å². The lowest BCUT2D eigenvalue weighted by Gasteiger charge is -2.12. The third-order valence-electron chi connectivity index (χ3n) is 2.90. The Hall–Kier alpha value is -1.27. The van der Waals surface area contributed by atoms with E-state index in [1.54, 1.807) is 6.20 Å². The van der Waals surface area contributed by atoms with Gasteiger partial charge in [0.2, 0.25) is 5.91 Å². The lowest BCUT2D eigenvalue weighted by atomic mass is 10.3. The molecule has 0 bridgehead atoms. The van der Waals surface area contributed by atoms with E-state index in [1.807, 2.05) is 37.4 Å². The minimum atomic E-state index is -0.202. The maximum atomic E-state index is 12.2. The van der Waals surface area contributed by atoms with Gasteiger partial charge in [0.1, 0.15) is 0 Å². The van der Waals surface area contributed by atoms with E-state index < -0.39 is 0 Å². The van der Waals surface area contributed by atoms with E-state index in [2.05, 4.69) is 37.7 Å². The summed E-state index contributed by atoms with van der Waals surface area (Å²) in [5.41, 5.74) is 0.799. The van der Waals surface area contributed by atoms with Crippen LogP contribution in [0.5, 0.6) is 0 Å². The molecule has 0 aliphatic rings. The Morgan fingerprint density at radius 3 is 2.81 bits per heavy atom. The van der Waals surface area contributed by atoms with Crippen LogP contribution in [0.15, 0.2) is 46.3 Å². The monoisotopic (exact) mass is 367 g/mol. The molecule has 2 rings (SSSR count). The average Bonchev–Trinajstić information content (AvgIpc) is 2.89. The molecule has 0 saturated heterocycles. The van der Waals surface area contributed by atoms with Gasteiger partial charge in [0.05, 0.1) is 5.25 Å². The number of benzene rings is 1. The van der Waals surface area contributed by atoms with Crippen molar-refractivity contribution in [2.24, 2.45) is 0 Å². The van der Waals surface area contributed by atoms with Crippen molar-refractivity contribution in [2.45, 2.75) is 37.2 Å². The fraction of sp³-hybridized carbons (Fsp3) is 0.333. The molecule has 21 heavy (non-hydrogen) atoms. The van der Waals surface area contributed by atoms with Crippen LogP contribution in [0.1, 0.15) is 20.3 Å². The zero-order valence-electron chi connectivity index (χ0n) is 12.0. The van der Waals surface area contributed by atoms with Gasteiger partial charge in [-0.15, -0.1) is 0 Å². The Morgan fingerprint density at radius 2 is 2.14 bits per heavy atom. The van der Waals surface area contributed by atoms with E-state index in [-0.39, 0.29) is 11.2 Å². The number of thioether (sulfide) groups is 1. The largest absolute Gasteiger partial charge is 0.326 e. The predicted octanol–water partition coefficient (Wildman–Crippen LogP) is 4.17. The van der Waals surface area contributed by atoms with Gasteiger partial charge < -0.3 is 9.88 Å². The first-order valence-electron chi connectivity index (χ1n) is 6.84. The molecule has 0 aliphatic carbocycles. The summed E-state index contributed by atoms with van der Waals surface area (Å²) in [5.74, 6) is -0.0200. The van der Waals surface area contributed by atoms with Gasteiger partial charge in [0, 0.05) is 29.1 Å². The van der Waals surface area contributed by atoms with Gasteiger partial charge in [-0.2, -0.15) is 0 Å². The number of rotatable bonds is 6.